The third kappa shape index (κ3) is 5.12. The van der Waals surface area contributed by atoms with Crippen LogP contribution in [0.4, 0.5) is 4.79 Å². The molecule has 0 radical (unpaired) electrons. The standard InChI is InChI=1S/C19H34N4O4/c1-20-9-6-15(7-10-20)16-13-23(17-14-21(2)19(25)27-17)12-11-22(16)8-4-5-18(24)26-3/h15-17H,4-14H2,1-3H3. The lowest BCUT2D eigenvalue weighted by Crippen LogP contribution is -2.59. The van der Waals surface area contributed by atoms with Gasteiger partial charge in [0.2, 0.25) is 0 Å². The van der Waals surface area contributed by atoms with Crippen LogP contribution in [0.1, 0.15) is 25.7 Å². The van der Waals surface area contributed by atoms with Gasteiger partial charge in [0.15, 0.2) is 6.23 Å². The fourth-order valence-corrected chi connectivity index (χ4v) is 4.54. The number of nitrogens with zero attached hydrogens (tertiary/aromatic N) is 4. The second-order valence-electron chi connectivity index (χ2n) is 8.14. The van der Waals surface area contributed by atoms with Crippen molar-refractivity contribution in [2.75, 3.05) is 67.0 Å². The third-order valence-corrected chi connectivity index (χ3v) is 6.31. The molecule has 3 fully saturated rings. The van der Waals surface area contributed by atoms with E-state index in [1.165, 1.54) is 20.0 Å². The molecule has 2 atom stereocenters. The van der Waals surface area contributed by atoms with Gasteiger partial charge in [0.1, 0.15) is 0 Å². The highest BCUT2D eigenvalue weighted by Gasteiger charge is 2.40. The van der Waals surface area contributed by atoms with Crippen LogP contribution in [0.15, 0.2) is 0 Å². The lowest BCUT2D eigenvalue weighted by molar-refractivity contribution is -0.140. The number of hydrogen-bond acceptors (Lipinski definition) is 7. The zero-order chi connectivity index (χ0) is 19.4. The average Bonchev–Trinajstić information content (AvgIpc) is 3.01. The van der Waals surface area contributed by atoms with E-state index in [1.807, 2.05) is 0 Å². The molecule has 0 bridgehead atoms. The molecule has 0 N–H and O–H groups in total. The number of amides is 1. The molecule has 0 aliphatic carbocycles. The molecule has 3 saturated heterocycles. The summed E-state index contributed by atoms with van der Waals surface area (Å²) in [5, 5.41) is 0. The van der Waals surface area contributed by atoms with E-state index < -0.39 is 0 Å². The van der Waals surface area contributed by atoms with Crippen LogP contribution in [0.5, 0.6) is 0 Å². The first-order chi connectivity index (χ1) is 13.0. The quantitative estimate of drug-likeness (QED) is 0.626. The fourth-order valence-electron chi connectivity index (χ4n) is 4.54. The number of ether oxygens (including phenoxy) is 2. The van der Waals surface area contributed by atoms with Crippen LogP contribution >= 0.6 is 0 Å². The second kappa shape index (κ2) is 9.21. The fraction of sp³-hybridized carbons (Fsp3) is 0.895. The van der Waals surface area contributed by atoms with Crippen LogP contribution in [-0.2, 0) is 14.3 Å². The van der Waals surface area contributed by atoms with Gasteiger partial charge in [-0.3, -0.25) is 14.6 Å². The molecule has 27 heavy (non-hydrogen) atoms. The van der Waals surface area contributed by atoms with Gasteiger partial charge in [-0.2, -0.15) is 0 Å². The second-order valence-corrected chi connectivity index (χ2v) is 8.14. The van der Waals surface area contributed by atoms with Crippen molar-refractivity contribution in [1.29, 1.82) is 0 Å². The van der Waals surface area contributed by atoms with Crippen molar-refractivity contribution in [1.82, 2.24) is 19.6 Å². The van der Waals surface area contributed by atoms with Crippen molar-refractivity contribution in [2.45, 2.75) is 38.0 Å². The summed E-state index contributed by atoms with van der Waals surface area (Å²) in [5.74, 6) is 0.516. The number of methoxy groups -OCH3 is 1. The lowest BCUT2D eigenvalue weighted by Gasteiger charge is -2.47. The van der Waals surface area contributed by atoms with Crippen LogP contribution in [0.3, 0.4) is 0 Å². The molecular weight excluding hydrogens is 348 g/mol. The summed E-state index contributed by atoms with van der Waals surface area (Å²) in [7, 11) is 5.42. The van der Waals surface area contributed by atoms with Crippen molar-refractivity contribution in [3.63, 3.8) is 0 Å². The Hall–Kier alpha value is -1.38. The highest BCUT2D eigenvalue weighted by molar-refractivity contribution is 5.69. The van der Waals surface area contributed by atoms with Gasteiger partial charge in [0.25, 0.3) is 0 Å². The number of esters is 1. The molecule has 3 aliphatic rings. The van der Waals surface area contributed by atoms with Gasteiger partial charge in [-0.15, -0.1) is 0 Å². The first kappa shape index (κ1) is 20.4. The highest BCUT2D eigenvalue weighted by atomic mass is 16.6. The van der Waals surface area contributed by atoms with E-state index in [4.69, 9.17) is 9.47 Å². The molecule has 8 heteroatoms. The first-order valence-electron chi connectivity index (χ1n) is 10.1. The number of cyclic esters (lactones) is 1. The number of hydrogen-bond donors (Lipinski definition) is 0. The summed E-state index contributed by atoms with van der Waals surface area (Å²) in [6, 6.07) is 0.453. The van der Waals surface area contributed by atoms with E-state index in [2.05, 4.69) is 21.7 Å². The molecule has 1 amide bonds. The van der Waals surface area contributed by atoms with Crippen LogP contribution in [-0.4, -0.2) is 111 Å². The molecule has 3 rings (SSSR count). The van der Waals surface area contributed by atoms with Crippen LogP contribution in [0, 0.1) is 5.92 Å². The Balaban J connectivity index is 1.61. The Morgan fingerprint density at radius 1 is 1.15 bits per heavy atom. The van der Waals surface area contributed by atoms with Crippen LogP contribution < -0.4 is 0 Å². The molecule has 0 saturated carbocycles. The average molecular weight is 383 g/mol. The van der Waals surface area contributed by atoms with Gasteiger partial charge < -0.3 is 19.3 Å². The summed E-state index contributed by atoms with van der Waals surface area (Å²) < 4.78 is 10.3. The predicted octanol–water partition coefficient (Wildman–Crippen LogP) is 0.676. The molecule has 154 valence electrons. The number of carbonyl (C=O) groups is 2. The lowest BCUT2D eigenvalue weighted by atomic mass is 9.87. The van der Waals surface area contributed by atoms with E-state index in [-0.39, 0.29) is 18.3 Å². The minimum Gasteiger partial charge on any atom is -0.469 e. The molecular formula is C19H34N4O4. The third-order valence-electron chi connectivity index (χ3n) is 6.31. The molecule has 0 aromatic heterocycles. The van der Waals surface area contributed by atoms with Crippen molar-refractivity contribution in [2.24, 2.45) is 5.92 Å². The van der Waals surface area contributed by atoms with Crippen molar-refractivity contribution in [3.05, 3.63) is 0 Å². The smallest absolute Gasteiger partial charge is 0.411 e. The van der Waals surface area contributed by atoms with Crippen molar-refractivity contribution >= 4 is 12.1 Å². The van der Waals surface area contributed by atoms with Gasteiger partial charge in [0.05, 0.1) is 13.7 Å². The Kier molecular flexibility index (Phi) is 6.94. The molecule has 3 heterocycles. The normalized spacial score (nSPS) is 29.1. The van der Waals surface area contributed by atoms with Gasteiger partial charge >= 0.3 is 12.1 Å². The number of rotatable bonds is 6. The van der Waals surface area contributed by atoms with Gasteiger partial charge in [-0.25, -0.2) is 4.79 Å². The monoisotopic (exact) mass is 382 g/mol. The summed E-state index contributed by atoms with van der Waals surface area (Å²) in [6.45, 7) is 6.61. The molecule has 0 aromatic carbocycles. The molecule has 2 unspecified atom stereocenters. The zero-order valence-electron chi connectivity index (χ0n) is 16.9. The minimum absolute atomic E-state index is 0.131. The number of likely N-dealkylation sites (tertiary alicyclic amines) is 1. The largest absolute Gasteiger partial charge is 0.469 e. The van der Waals surface area contributed by atoms with Crippen molar-refractivity contribution in [3.8, 4) is 0 Å². The SMILES string of the molecule is COC(=O)CCCN1CCN(C2CN(C)C(=O)O2)CC1C1CCN(C)CC1. The number of likely N-dealkylation sites (N-methyl/N-ethyl adjacent to an activating group) is 1. The topological polar surface area (TPSA) is 65.6 Å². The molecule has 0 spiro atoms. The predicted molar refractivity (Wildman–Crippen MR) is 101 cm³/mol. The van der Waals surface area contributed by atoms with Crippen LogP contribution in [0.2, 0.25) is 0 Å². The first-order valence-corrected chi connectivity index (χ1v) is 10.1. The van der Waals surface area contributed by atoms with E-state index in [0.29, 0.717) is 24.9 Å². The highest BCUT2D eigenvalue weighted by Crippen LogP contribution is 2.28. The van der Waals surface area contributed by atoms with Gasteiger partial charge in [-0.05, 0) is 51.9 Å². The Morgan fingerprint density at radius 3 is 2.52 bits per heavy atom. The molecule has 0 aromatic rings. The Morgan fingerprint density at radius 2 is 1.89 bits per heavy atom. The van der Waals surface area contributed by atoms with E-state index in [0.717, 1.165) is 45.7 Å². The maximum Gasteiger partial charge on any atom is 0.411 e. The Bertz CT molecular complexity index is 524. The number of piperazine rings is 1. The number of piperidine rings is 1. The van der Waals surface area contributed by atoms with Gasteiger partial charge in [-0.1, -0.05) is 0 Å². The van der Waals surface area contributed by atoms with E-state index >= 15 is 0 Å². The Labute approximate surface area is 162 Å². The number of carbonyl (C=O) groups excluding carboxylic acids is 2. The maximum atomic E-state index is 11.8. The summed E-state index contributed by atoms with van der Waals surface area (Å²) in [6.07, 6.45) is 3.35. The summed E-state index contributed by atoms with van der Waals surface area (Å²) in [5.41, 5.74) is 0. The van der Waals surface area contributed by atoms with Crippen LogP contribution in [0.25, 0.3) is 0 Å². The van der Waals surface area contributed by atoms with E-state index in [1.54, 1.807) is 11.9 Å². The van der Waals surface area contributed by atoms with Gasteiger partial charge in [0, 0.05) is 39.1 Å². The summed E-state index contributed by atoms with van der Waals surface area (Å²) >= 11 is 0. The van der Waals surface area contributed by atoms with E-state index in [9.17, 15) is 9.59 Å². The van der Waals surface area contributed by atoms with Crippen molar-refractivity contribution < 1.29 is 19.1 Å². The molecule has 8 nitrogen and oxygen atoms in total. The maximum absolute atomic E-state index is 11.8. The minimum atomic E-state index is -0.226. The summed E-state index contributed by atoms with van der Waals surface area (Å²) in [4.78, 5) is 32.1. The zero-order valence-corrected chi connectivity index (χ0v) is 16.9. The molecule has 3 aliphatic heterocycles.